The van der Waals surface area contributed by atoms with Crippen LogP contribution in [0.5, 0.6) is 0 Å². The monoisotopic (exact) mass is 312 g/mol. The van der Waals surface area contributed by atoms with Gasteiger partial charge in [0.15, 0.2) is 0 Å². The van der Waals surface area contributed by atoms with E-state index in [2.05, 4.69) is 21.4 Å². The number of hydrogen-bond acceptors (Lipinski definition) is 3. The summed E-state index contributed by atoms with van der Waals surface area (Å²) in [5.74, 6) is 6.09. The van der Waals surface area contributed by atoms with Crippen LogP contribution in [0.2, 0.25) is 0 Å². The van der Waals surface area contributed by atoms with Crippen LogP contribution in [0.1, 0.15) is 23.8 Å². The molecular formula is C13H14BrFN2O. The van der Waals surface area contributed by atoms with E-state index in [0.29, 0.717) is 22.9 Å². The summed E-state index contributed by atoms with van der Waals surface area (Å²) < 4.78 is 19.6. The van der Waals surface area contributed by atoms with Crippen LogP contribution in [0.4, 0.5) is 4.39 Å². The normalized spacial score (nSPS) is 12.6. The maximum absolute atomic E-state index is 13.9. The van der Waals surface area contributed by atoms with Crippen LogP contribution in [-0.4, -0.2) is 0 Å². The number of rotatable bonds is 5. The van der Waals surface area contributed by atoms with Gasteiger partial charge in [0.25, 0.3) is 0 Å². The molecule has 2 aromatic rings. The highest BCUT2D eigenvalue weighted by molar-refractivity contribution is 9.10. The van der Waals surface area contributed by atoms with E-state index in [4.69, 9.17) is 10.3 Å². The van der Waals surface area contributed by atoms with Crippen molar-refractivity contribution in [3.05, 3.63) is 58.2 Å². The Morgan fingerprint density at radius 2 is 2.17 bits per heavy atom. The molecule has 0 saturated carbocycles. The van der Waals surface area contributed by atoms with E-state index in [9.17, 15) is 4.39 Å². The standard InChI is InChI=1S/C13H14BrFN2O/c14-11-5-1-4-10(13(11)15)12(17-16)7-6-9-3-2-8-18-9/h1-5,8,12,17H,6-7,16H2. The lowest BCUT2D eigenvalue weighted by molar-refractivity contribution is 0.446. The van der Waals surface area contributed by atoms with Gasteiger partial charge in [0.2, 0.25) is 0 Å². The highest BCUT2D eigenvalue weighted by Crippen LogP contribution is 2.26. The van der Waals surface area contributed by atoms with Crippen LogP contribution in [-0.2, 0) is 6.42 Å². The molecule has 0 aliphatic rings. The van der Waals surface area contributed by atoms with Crippen molar-refractivity contribution in [2.75, 3.05) is 0 Å². The second-order valence-corrected chi connectivity index (χ2v) is 4.83. The molecule has 0 spiro atoms. The van der Waals surface area contributed by atoms with Crippen molar-refractivity contribution in [2.45, 2.75) is 18.9 Å². The average Bonchev–Trinajstić information content (AvgIpc) is 2.88. The predicted octanol–water partition coefficient (Wildman–Crippen LogP) is 3.32. The molecule has 0 fully saturated rings. The van der Waals surface area contributed by atoms with Crippen LogP contribution in [0.25, 0.3) is 0 Å². The summed E-state index contributed by atoms with van der Waals surface area (Å²) >= 11 is 3.17. The zero-order valence-electron chi connectivity index (χ0n) is 9.70. The van der Waals surface area contributed by atoms with E-state index in [1.54, 1.807) is 24.5 Å². The molecular weight excluding hydrogens is 299 g/mol. The minimum atomic E-state index is -0.278. The van der Waals surface area contributed by atoms with E-state index >= 15 is 0 Å². The minimum Gasteiger partial charge on any atom is -0.469 e. The fourth-order valence-electron chi connectivity index (χ4n) is 1.86. The molecule has 0 bridgehead atoms. The summed E-state index contributed by atoms with van der Waals surface area (Å²) in [6.45, 7) is 0. The maximum atomic E-state index is 13.9. The summed E-state index contributed by atoms with van der Waals surface area (Å²) in [5, 5.41) is 0. The van der Waals surface area contributed by atoms with Gasteiger partial charge in [-0.25, -0.2) is 4.39 Å². The van der Waals surface area contributed by atoms with Crippen molar-refractivity contribution in [1.29, 1.82) is 0 Å². The first-order chi connectivity index (χ1) is 8.72. The SMILES string of the molecule is NNC(CCc1ccco1)c1cccc(Br)c1F. The molecule has 1 aromatic carbocycles. The van der Waals surface area contributed by atoms with Crippen molar-refractivity contribution in [1.82, 2.24) is 5.43 Å². The first kappa shape index (κ1) is 13.3. The summed E-state index contributed by atoms with van der Waals surface area (Å²) in [5.41, 5.74) is 3.20. The molecule has 1 aromatic heterocycles. The molecule has 18 heavy (non-hydrogen) atoms. The largest absolute Gasteiger partial charge is 0.469 e. The van der Waals surface area contributed by atoms with Crippen LogP contribution < -0.4 is 11.3 Å². The number of benzene rings is 1. The average molecular weight is 313 g/mol. The van der Waals surface area contributed by atoms with Crippen molar-refractivity contribution in [3.63, 3.8) is 0 Å². The first-order valence-electron chi connectivity index (χ1n) is 5.64. The summed E-state index contributed by atoms with van der Waals surface area (Å²) in [6.07, 6.45) is 2.99. The van der Waals surface area contributed by atoms with Gasteiger partial charge in [0.1, 0.15) is 11.6 Å². The van der Waals surface area contributed by atoms with E-state index in [-0.39, 0.29) is 11.9 Å². The second-order valence-electron chi connectivity index (χ2n) is 3.98. The number of hydrazine groups is 1. The molecule has 1 atom stereocenters. The number of hydrogen-bond donors (Lipinski definition) is 2. The van der Waals surface area contributed by atoms with Gasteiger partial charge in [-0.1, -0.05) is 12.1 Å². The second kappa shape index (κ2) is 6.13. The molecule has 5 heteroatoms. The molecule has 96 valence electrons. The lowest BCUT2D eigenvalue weighted by Crippen LogP contribution is -2.29. The van der Waals surface area contributed by atoms with Crippen molar-refractivity contribution in [3.8, 4) is 0 Å². The van der Waals surface area contributed by atoms with Crippen molar-refractivity contribution in [2.24, 2.45) is 5.84 Å². The Morgan fingerprint density at radius 1 is 1.33 bits per heavy atom. The van der Waals surface area contributed by atoms with Gasteiger partial charge in [0, 0.05) is 18.0 Å². The Labute approximate surface area is 113 Å². The van der Waals surface area contributed by atoms with Gasteiger partial charge in [-0.2, -0.15) is 0 Å². The highest BCUT2D eigenvalue weighted by Gasteiger charge is 2.16. The molecule has 0 saturated heterocycles. The maximum Gasteiger partial charge on any atom is 0.142 e. The molecule has 2 rings (SSSR count). The third-order valence-electron chi connectivity index (χ3n) is 2.82. The Morgan fingerprint density at radius 3 is 2.83 bits per heavy atom. The fraction of sp³-hybridized carbons (Fsp3) is 0.231. The quantitative estimate of drug-likeness (QED) is 0.658. The molecule has 0 amide bonds. The summed E-state index contributed by atoms with van der Waals surface area (Å²) in [4.78, 5) is 0. The predicted molar refractivity (Wildman–Crippen MR) is 71.2 cm³/mol. The van der Waals surface area contributed by atoms with Gasteiger partial charge in [0.05, 0.1) is 10.7 Å². The Kier molecular flexibility index (Phi) is 4.52. The Bertz CT molecular complexity index is 502. The molecule has 1 unspecified atom stereocenters. The van der Waals surface area contributed by atoms with E-state index < -0.39 is 0 Å². The van der Waals surface area contributed by atoms with Gasteiger partial charge >= 0.3 is 0 Å². The Balaban J connectivity index is 2.10. The third-order valence-corrected chi connectivity index (χ3v) is 3.43. The zero-order chi connectivity index (χ0) is 13.0. The summed E-state index contributed by atoms with van der Waals surface area (Å²) in [6, 6.07) is 8.67. The lowest BCUT2D eigenvalue weighted by atomic mass is 10.0. The molecule has 0 radical (unpaired) electrons. The van der Waals surface area contributed by atoms with Crippen LogP contribution in [0, 0.1) is 5.82 Å². The molecule has 3 nitrogen and oxygen atoms in total. The van der Waals surface area contributed by atoms with Gasteiger partial charge in [-0.15, -0.1) is 0 Å². The topological polar surface area (TPSA) is 51.2 Å². The first-order valence-corrected chi connectivity index (χ1v) is 6.44. The van der Waals surface area contributed by atoms with Crippen LogP contribution in [0.15, 0.2) is 45.5 Å². The lowest BCUT2D eigenvalue weighted by Gasteiger charge is -2.17. The van der Waals surface area contributed by atoms with Gasteiger partial charge in [-0.3, -0.25) is 11.3 Å². The number of furan rings is 1. The van der Waals surface area contributed by atoms with E-state index in [1.165, 1.54) is 0 Å². The minimum absolute atomic E-state index is 0.243. The molecule has 0 aliphatic heterocycles. The Hall–Kier alpha value is -1.17. The third kappa shape index (κ3) is 2.98. The molecule has 3 N–H and O–H groups in total. The molecule has 1 heterocycles. The van der Waals surface area contributed by atoms with E-state index in [0.717, 1.165) is 5.76 Å². The van der Waals surface area contributed by atoms with Gasteiger partial charge < -0.3 is 4.42 Å². The van der Waals surface area contributed by atoms with Crippen LogP contribution in [0.3, 0.4) is 0 Å². The molecule has 0 aliphatic carbocycles. The summed E-state index contributed by atoms with van der Waals surface area (Å²) in [7, 11) is 0. The number of nitrogens with one attached hydrogen (secondary N) is 1. The number of aryl methyl sites for hydroxylation is 1. The zero-order valence-corrected chi connectivity index (χ0v) is 11.3. The van der Waals surface area contributed by atoms with Crippen molar-refractivity contribution >= 4 is 15.9 Å². The highest BCUT2D eigenvalue weighted by atomic mass is 79.9. The smallest absolute Gasteiger partial charge is 0.142 e. The van der Waals surface area contributed by atoms with Crippen molar-refractivity contribution < 1.29 is 8.81 Å². The fourth-order valence-corrected chi connectivity index (χ4v) is 2.24. The van der Waals surface area contributed by atoms with E-state index in [1.807, 2.05) is 12.1 Å². The number of halogens is 2. The van der Waals surface area contributed by atoms with Crippen LogP contribution >= 0.6 is 15.9 Å². The van der Waals surface area contributed by atoms with Gasteiger partial charge in [-0.05, 0) is 40.5 Å². The number of nitrogens with two attached hydrogens (primary N) is 1.